The van der Waals surface area contributed by atoms with E-state index in [0.29, 0.717) is 5.95 Å². The maximum absolute atomic E-state index is 5.78. The fraction of sp³-hybridized carbons (Fsp3) is 0. The highest BCUT2D eigenvalue weighted by Crippen LogP contribution is 2.21. The maximum atomic E-state index is 5.78. The molecule has 2 aromatic heterocycles. The second kappa shape index (κ2) is 4.96. The van der Waals surface area contributed by atoms with Gasteiger partial charge in [0.25, 0.3) is 5.95 Å². The van der Waals surface area contributed by atoms with Crippen LogP contribution in [0.25, 0.3) is 17.1 Å². The summed E-state index contributed by atoms with van der Waals surface area (Å²) in [4.78, 5) is 8.46. The van der Waals surface area contributed by atoms with Crippen LogP contribution in [-0.4, -0.2) is 19.7 Å². The summed E-state index contributed by atoms with van der Waals surface area (Å²) in [6.07, 6.45) is 7.17. The number of rotatable bonds is 2. The zero-order valence-electron chi connectivity index (χ0n) is 9.86. The monoisotopic (exact) mass is 363 g/mol. The highest BCUT2D eigenvalue weighted by Gasteiger charge is 2.05. The van der Waals surface area contributed by atoms with Crippen LogP contribution in [-0.2, 0) is 0 Å². The Balaban J connectivity index is 1.97. The van der Waals surface area contributed by atoms with E-state index in [0.717, 1.165) is 20.4 Å². The molecule has 0 aliphatic heterocycles. The Kier molecular flexibility index (Phi) is 3.16. The van der Waals surface area contributed by atoms with Gasteiger partial charge >= 0.3 is 0 Å². The van der Waals surface area contributed by atoms with E-state index in [2.05, 4.69) is 37.7 Å². The SMILES string of the molecule is Nc1cccc(-c2cnn(-c3ncc(I)cn3)c2)c1. The summed E-state index contributed by atoms with van der Waals surface area (Å²) in [6.45, 7) is 0. The van der Waals surface area contributed by atoms with Crippen molar-refractivity contribution in [2.45, 2.75) is 0 Å². The molecular formula is C13H10IN5. The molecule has 0 amide bonds. The minimum absolute atomic E-state index is 0.551. The Labute approximate surface area is 123 Å². The van der Waals surface area contributed by atoms with Crippen LogP contribution in [0.4, 0.5) is 5.69 Å². The van der Waals surface area contributed by atoms with Gasteiger partial charge in [-0.05, 0) is 40.3 Å². The number of nitrogens with two attached hydrogens (primary N) is 1. The van der Waals surface area contributed by atoms with Crippen LogP contribution >= 0.6 is 22.6 Å². The number of anilines is 1. The van der Waals surface area contributed by atoms with E-state index in [9.17, 15) is 0 Å². The van der Waals surface area contributed by atoms with Crippen molar-refractivity contribution in [3.05, 3.63) is 52.6 Å². The Bertz CT molecular complexity index is 705. The number of hydrogen-bond acceptors (Lipinski definition) is 4. The molecule has 94 valence electrons. The van der Waals surface area contributed by atoms with Gasteiger partial charge in [0.15, 0.2) is 0 Å². The van der Waals surface area contributed by atoms with Gasteiger partial charge in [-0.25, -0.2) is 14.6 Å². The standard InChI is InChI=1S/C13H10IN5/c14-11-6-16-13(17-7-11)19-8-10(5-18-19)9-2-1-3-12(15)4-9/h1-8H,15H2. The lowest BCUT2D eigenvalue weighted by molar-refractivity contribution is 0.806. The molecule has 0 unspecified atom stereocenters. The molecule has 0 fully saturated rings. The molecule has 3 aromatic rings. The van der Waals surface area contributed by atoms with Gasteiger partial charge in [0.1, 0.15) is 0 Å². The molecule has 19 heavy (non-hydrogen) atoms. The Morgan fingerprint density at radius 2 is 1.84 bits per heavy atom. The molecule has 6 heteroatoms. The average Bonchev–Trinajstić information content (AvgIpc) is 2.89. The summed E-state index contributed by atoms with van der Waals surface area (Å²) >= 11 is 2.17. The predicted octanol–water partition coefficient (Wildman–Crippen LogP) is 2.52. The summed E-state index contributed by atoms with van der Waals surface area (Å²) < 4.78 is 2.64. The van der Waals surface area contributed by atoms with Gasteiger partial charge in [-0.15, -0.1) is 0 Å². The van der Waals surface area contributed by atoms with Crippen LogP contribution in [0, 0.1) is 3.57 Å². The van der Waals surface area contributed by atoms with Crippen LogP contribution in [0.1, 0.15) is 0 Å². The topological polar surface area (TPSA) is 69.6 Å². The van der Waals surface area contributed by atoms with Crippen LogP contribution in [0.2, 0.25) is 0 Å². The lowest BCUT2D eigenvalue weighted by Crippen LogP contribution is -2.00. The van der Waals surface area contributed by atoms with Crippen molar-refractivity contribution in [1.29, 1.82) is 0 Å². The second-order valence-corrected chi connectivity index (χ2v) is 5.25. The fourth-order valence-electron chi connectivity index (χ4n) is 1.72. The fourth-order valence-corrected chi connectivity index (χ4v) is 2.00. The molecule has 0 saturated carbocycles. The Morgan fingerprint density at radius 3 is 2.58 bits per heavy atom. The van der Waals surface area contributed by atoms with Crippen LogP contribution in [0.3, 0.4) is 0 Å². The third-order valence-electron chi connectivity index (χ3n) is 2.61. The molecule has 1 aromatic carbocycles. The van der Waals surface area contributed by atoms with Gasteiger partial charge in [-0.1, -0.05) is 12.1 Å². The largest absolute Gasteiger partial charge is 0.399 e. The van der Waals surface area contributed by atoms with Crippen molar-refractivity contribution >= 4 is 28.3 Å². The van der Waals surface area contributed by atoms with Crippen LogP contribution in [0.15, 0.2) is 49.1 Å². The van der Waals surface area contributed by atoms with Crippen molar-refractivity contribution in [1.82, 2.24) is 19.7 Å². The first-order valence-corrected chi connectivity index (χ1v) is 6.69. The Morgan fingerprint density at radius 1 is 1.05 bits per heavy atom. The third kappa shape index (κ3) is 2.58. The van der Waals surface area contributed by atoms with E-state index < -0.39 is 0 Å². The first-order chi connectivity index (χ1) is 9.22. The minimum Gasteiger partial charge on any atom is -0.399 e. The average molecular weight is 363 g/mol. The lowest BCUT2D eigenvalue weighted by atomic mass is 10.1. The van der Waals surface area contributed by atoms with E-state index in [1.165, 1.54) is 0 Å². The van der Waals surface area contributed by atoms with Crippen LogP contribution in [0.5, 0.6) is 0 Å². The molecule has 0 spiro atoms. The molecule has 0 aliphatic rings. The predicted molar refractivity (Wildman–Crippen MR) is 81.7 cm³/mol. The van der Waals surface area contributed by atoms with Crippen molar-refractivity contribution in [3.8, 4) is 17.1 Å². The lowest BCUT2D eigenvalue weighted by Gasteiger charge is -1.99. The number of halogens is 1. The number of nitrogen functional groups attached to an aromatic ring is 1. The number of benzene rings is 1. The van der Waals surface area contributed by atoms with Gasteiger partial charge in [0, 0.05) is 33.4 Å². The molecule has 2 N–H and O–H groups in total. The van der Waals surface area contributed by atoms with Gasteiger partial charge in [-0.2, -0.15) is 5.10 Å². The number of aromatic nitrogens is 4. The van der Waals surface area contributed by atoms with E-state index in [1.54, 1.807) is 23.3 Å². The summed E-state index contributed by atoms with van der Waals surface area (Å²) in [5.74, 6) is 0.551. The first kappa shape index (κ1) is 12.1. The normalized spacial score (nSPS) is 10.6. The van der Waals surface area contributed by atoms with Crippen LogP contribution < -0.4 is 5.73 Å². The number of hydrogen-bond donors (Lipinski definition) is 1. The van der Waals surface area contributed by atoms with Gasteiger partial charge in [-0.3, -0.25) is 0 Å². The van der Waals surface area contributed by atoms with Gasteiger partial charge < -0.3 is 5.73 Å². The van der Waals surface area contributed by atoms with Gasteiger partial charge in [0.2, 0.25) is 0 Å². The highest BCUT2D eigenvalue weighted by molar-refractivity contribution is 14.1. The molecule has 0 atom stereocenters. The first-order valence-electron chi connectivity index (χ1n) is 5.61. The molecule has 0 aliphatic carbocycles. The van der Waals surface area contributed by atoms with E-state index >= 15 is 0 Å². The minimum atomic E-state index is 0.551. The second-order valence-electron chi connectivity index (χ2n) is 4.00. The Hall–Kier alpha value is -1.96. The molecule has 5 nitrogen and oxygen atoms in total. The molecular weight excluding hydrogens is 353 g/mol. The third-order valence-corrected chi connectivity index (χ3v) is 3.17. The smallest absolute Gasteiger partial charge is 0.250 e. The van der Waals surface area contributed by atoms with E-state index in [-0.39, 0.29) is 0 Å². The van der Waals surface area contributed by atoms with E-state index in [4.69, 9.17) is 5.73 Å². The summed E-state index contributed by atoms with van der Waals surface area (Å²) in [5.41, 5.74) is 8.52. The van der Waals surface area contributed by atoms with Gasteiger partial charge in [0.05, 0.1) is 6.20 Å². The summed E-state index contributed by atoms with van der Waals surface area (Å²) in [7, 11) is 0. The zero-order chi connectivity index (χ0) is 13.2. The highest BCUT2D eigenvalue weighted by atomic mass is 127. The van der Waals surface area contributed by atoms with Crippen molar-refractivity contribution in [2.24, 2.45) is 0 Å². The molecule has 0 radical (unpaired) electrons. The quantitative estimate of drug-likeness (QED) is 0.561. The van der Waals surface area contributed by atoms with E-state index in [1.807, 2.05) is 30.5 Å². The van der Waals surface area contributed by atoms with Crippen molar-refractivity contribution < 1.29 is 0 Å². The molecule has 2 heterocycles. The zero-order valence-corrected chi connectivity index (χ0v) is 12.0. The molecule has 3 rings (SSSR count). The summed E-state index contributed by atoms with van der Waals surface area (Å²) in [5, 5.41) is 4.27. The number of nitrogens with zero attached hydrogens (tertiary/aromatic N) is 4. The van der Waals surface area contributed by atoms with Crippen molar-refractivity contribution in [2.75, 3.05) is 5.73 Å². The summed E-state index contributed by atoms with van der Waals surface area (Å²) in [6, 6.07) is 7.68. The van der Waals surface area contributed by atoms with Crippen molar-refractivity contribution in [3.63, 3.8) is 0 Å². The molecule has 0 bridgehead atoms. The molecule has 0 saturated heterocycles. The maximum Gasteiger partial charge on any atom is 0.250 e.